The lowest BCUT2D eigenvalue weighted by Crippen LogP contribution is -2.05. The van der Waals surface area contributed by atoms with Crippen LogP contribution in [0.5, 0.6) is 0 Å². The van der Waals surface area contributed by atoms with Crippen molar-refractivity contribution in [1.82, 2.24) is 19.7 Å². The molecule has 84 valence electrons. The molecule has 2 N–H and O–H groups in total. The first kappa shape index (κ1) is 10.4. The van der Waals surface area contributed by atoms with Crippen LogP contribution in [0.1, 0.15) is 5.56 Å². The van der Waals surface area contributed by atoms with E-state index in [1.807, 2.05) is 0 Å². The second-order valence-electron chi connectivity index (χ2n) is 2.95. The summed E-state index contributed by atoms with van der Waals surface area (Å²) in [6.45, 7) is 0. The third-order valence-electron chi connectivity index (χ3n) is 1.78. The van der Waals surface area contributed by atoms with E-state index in [1.54, 1.807) is 0 Å². The lowest BCUT2D eigenvalue weighted by Gasteiger charge is -2.01. The van der Waals surface area contributed by atoms with Crippen molar-refractivity contribution in [2.45, 2.75) is 6.18 Å². The molecular weight excluding hydrogens is 223 g/mol. The average Bonchev–Trinajstić information content (AvgIpc) is 2.65. The number of anilines is 1. The van der Waals surface area contributed by atoms with Gasteiger partial charge in [0.05, 0.1) is 11.8 Å². The number of nitrogen functional groups attached to an aromatic ring is 1. The topological polar surface area (TPSA) is 69.6 Å². The van der Waals surface area contributed by atoms with Crippen molar-refractivity contribution in [1.29, 1.82) is 0 Å². The van der Waals surface area contributed by atoms with Crippen molar-refractivity contribution in [2.24, 2.45) is 0 Å². The highest BCUT2D eigenvalue weighted by molar-refractivity contribution is 5.29. The predicted molar refractivity (Wildman–Crippen MR) is 48.6 cm³/mol. The summed E-state index contributed by atoms with van der Waals surface area (Å²) < 4.78 is 37.7. The summed E-state index contributed by atoms with van der Waals surface area (Å²) in [7, 11) is 0. The lowest BCUT2D eigenvalue weighted by atomic mass is 10.4. The normalized spacial score (nSPS) is 11.7. The van der Waals surface area contributed by atoms with Crippen molar-refractivity contribution in [2.75, 3.05) is 5.73 Å². The maximum Gasteiger partial charge on any atom is 0.419 e. The van der Waals surface area contributed by atoms with Gasteiger partial charge in [0.1, 0.15) is 5.82 Å². The Hall–Kier alpha value is -2.12. The minimum Gasteiger partial charge on any atom is -0.384 e. The average molecular weight is 229 g/mol. The lowest BCUT2D eigenvalue weighted by molar-refractivity contribution is -0.137. The summed E-state index contributed by atoms with van der Waals surface area (Å²) in [5.41, 5.74) is 4.51. The molecule has 2 rings (SSSR count). The Labute approximate surface area is 87.7 Å². The fraction of sp³-hybridized carbons (Fsp3) is 0.125. The van der Waals surface area contributed by atoms with Gasteiger partial charge in [-0.1, -0.05) is 0 Å². The molecule has 0 saturated heterocycles. The Morgan fingerprint density at radius 3 is 2.62 bits per heavy atom. The first-order valence-electron chi connectivity index (χ1n) is 4.17. The third kappa shape index (κ3) is 1.95. The van der Waals surface area contributed by atoms with Gasteiger partial charge in [-0.25, -0.2) is 9.67 Å². The summed E-state index contributed by atoms with van der Waals surface area (Å²) in [4.78, 5) is 7.49. The van der Waals surface area contributed by atoms with E-state index in [0.717, 1.165) is 10.9 Å². The molecular formula is C8H6F3N5. The second-order valence-corrected chi connectivity index (χ2v) is 2.95. The maximum absolute atomic E-state index is 12.3. The zero-order chi connectivity index (χ0) is 11.8. The number of hydrogen-bond donors (Lipinski definition) is 1. The van der Waals surface area contributed by atoms with Crippen molar-refractivity contribution in [3.8, 4) is 5.95 Å². The quantitative estimate of drug-likeness (QED) is 0.799. The molecule has 0 bridgehead atoms. The SMILES string of the molecule is Nc1ccnc(-n2cc(C(F)(F)F)cn2)n1. The fourth-order valence-electron chi connectivity index (χ4n) is 1.05. The van der Waals surface area contributed by atoms with Gasteiger partial charge < -0.3 is 5.73 Å². The molecule has 0 spiro atoms. The minimum atomic E-state index is -4.43. The Morgan fingerprint density at radius 2 is 2.06 bits per heavy atom. The zero-order valence-corrected chi connectivity index (χ0v) is 7.81. The van der Waals surface area contributed by atoms with Crippen molar-refractivity contribution in [3.05, 3.63) is 30.2 Å². The Kier molecular flexibility index (Phi) is 2.26. The van der Waals surface area contributed by atoms with Crippen LogP contribution in [-0.2, 0) is 6.18 Å². The molecule has 16 heavy (non-hydrogen) atoms. The summed E-state index contributed by atoms with van der Waals surface area (Å²) in [5.74, 6) is 0.157. The molecule has 2 heterocycles. The number of rotatable bonds is 1. The van der Waals surface area contributed by atoms with Gasteiger partial charge in [0, 0.05) is 12.4 Å². The molecule has 0 aromatic carbocycles. The first-order chi connectivity index (χ1) is 7.47. The van der Waals surface area contributed by atoms with Crippen LogP contribution in [0.3, 0.4) is 0 Å². The van der Waals surface area contributed by atoms with E-state index >= 15 is 0 Å². The van der Waals surface area contributed by atoms with Crippen molar-refractivity contribution in [3.63, 3.8) is 0 Å². The van der Waals surface area contributed by atoms with Gasteiger partial charge in [-0.2, -0.15) is 23.3 Å². The first-order valence-corrected chi connectivity index (χ1v) is 4.17. The monoisotopic (exact) mass is 229 g/mol. The van der Waals surface area contributed by atoms with E-state index in [2.05, 4.69) is 15.1 Å². The number of nitrogens with two attached hydrogens (primary N) is 1. The Morgan fingerprint density at radius 1 is 1.31 bits per heavy atom. The molecule has 2 aromatic heterocycles. The molecule has 0 atom stereocenters. The Balaban J connectivity index is 2.39. The van der Waals surface area contributed by atoms with Gasteiger partial charge in [-0.15, -0.1) is 0 Å². The number of halogens is 3. The van der Waals surface area contributed by atoms with Crippen LogP contribution in [-0.4, -0.2) is 19.7 Å². The molecule has 0 unspecified atom stereocenters. The van der Waals surface area contributed by atoms with Crippen molar-refractivity contribution < 1.29 is 13.2 Å². The molecule has 0 aliphatic rings. The van der Waals surface area contributed by atoms with Gasteiger partial charge in [-0.3, -0.25) is 0 Å². The smallest absolute Gasteiger partial charge is 0.384 e. The van der Waals surface area contributed by atoms with Gasteiger partial charge >= 0.3 is 6.18 Å². The van der Waals surface area contributed by atoms with E-state index in [4.69, 9.17) is 5.73 Å². The minimum absolute atomic E-state index is 0.00417. The number of nitrogens with zero attached hydrogens (tertiary/aromatic N) is 4. The predicted octanol–water partition coefficient (Wildman–Crippen LogP) is 1.26. The van der Waals surface area contributed by atoms with Crippen LogP contribution in [0.15, 0.2) is 24.7 Å². The van der Waals surface area contributed by atoms with Crippen LogP contribution < -0.4 is 5.73 Å². The summed E-state index contributed by atoms with van der Waals surface area (Å²) in [6, 6.07) is 1.43. The molecule has 0 amide bonds. The summed E-state index contributed by atoms with van der Waals surface area (Å²) in [6.07, 6.45) is -1.59. The van der Waals surface area contributed by atoms with Crippen molar-refractivity contribution >= 4 is 5.82 Å². The molecule has 5 nitrogen and oxygen atoms in total. The fourth-order valence-corrected chi connectivity index (χ4v) is 1.05. The zero-order valence-electron chi connectivity index (χ0n) is 7.81. The molecule has 0 fully saturated rings. The standard InChI is InChI=1S/C8H6F3N5/c9-8(10,11)5-3-14-16(4-5)7-13-2-1-6(12)15-7/h1-4H,(H2,12,13,15). The highest BCUT2D eigenvalue weighted by atomic mass is 19.4. The molecule has 0 aliphatic carbocycles. The van der Waals surface area contributed by atoms with Crippen LogP contribution in [0, 0.1) is 0 Å². The molecule has 8 heteroatoms. The van der Waals surface area contributed by atoms with E-state index in [-0.39, 0.29) is 11.8 Å². The van der Waals surface area contributed by atoms with Crippen LogP contribution >= 0.6 is 0 Å². The van der Waals surface area contributed by atoms with Crippen LogP contribution in [0.25, 0.3) is 5.95 Å². The maximum atomic E-state index is 12.3. The van der Waals surface area contributed by atoms with E-state index in [0.29, 0.717) is 6.20 Å². The molecule has 0 radical (unpaired) electrons. The highest BCUT2D eigenvalue weighted by Crippen LogP contribution is 2.28. The van der Waals surface area contributed by atoms with Gasteiger partial charge in [0.2, 0.25) is 0 Å². The summed E-state index contributed by atoms with van der Waals surface area (Å²) in [5, 5.41) is 3.51. The van der Waals surface area contributed by atoms with Crippen LogP contribution in [0.2, 0.25) is 0 Å². The van der Waals surface area contributed by atoms with Gasteiger partial charge in [0.25, 0.3) is 5.95 Å². The van der Waals surface area contributed by atoms with Gasteiger partial charge in [-0.05, 0) is 6.07 Å². The van der Waals surface area contributed by atoms with E-state index in [9.17, 15) is 13.2 Å². The second kappa shape index (κ2) is 3.47. The third-order valence-corrected chi connectivity index (χ3v) is 1.78. The van der Waals surface area contributed by atoms with Crippen LogP contribution in [0.4, 0.5) is 19.0 Å². The van der Waals surface area contributed by atoms with Gasteiger partial charge in [0.15, 0.2) is 0 Å². The molecule has 2 aromatic rings. The highest BCUT2D eigenvalue weighted by Gasteiger charge is 2.32. The Bertz CT molecular complexity index is 504. The number of aromatic nitrogens is 4. The molecule has 0 aliphatic heterocycles. The van der Waals surface area contributed by atoms with E-state index < -0.39 is 11.7 Å². The summed E-state index contributed by atoms with van der Waals surface area (Å²) >= 11 is 0. The number of alkyl halides is 3. The number of hydrogen-bond acceptors (Lipinski definition) is 4. The van der Waals surface area contributed by atoms with E-state index in [1.165, 1.54) is 12.3 Å². The molecule has 0 saturated carbocycles. The largest absolute Gasteiger partial charge is 0.419 e.